The van der Waals surface area contributed by atoms with Gasteiger partial charge in [0, 0.05) is 0 Å². The maximum Gasteiger partial charge on any atom is 0.342 e. The molecule has 0 aliphatic rings. The molecular weight excluding hydrogens is 348 g/mol. The lowest BCUT2D eigenvalue weighted by atomic mass is 9.77. The van der Waals surface area contributed by atoms with Crippen molar-refractivity contribution < 1.29 is 14.6 Å². The first-order valence-electron chi connectivity index (χ1n) is 10.8. The molecule has 28 heavy (non-hydrogen) atoms. The van der Waals surface area contributed by atoms with Crippen LogP contribution in [-0.4, -0.2) is 17.7 Å². The number of benzene rings is 1. The van der Waals surface area contributed by atoms with Crippen LogP contribution < -0.4 is 0 Å². The second-order valence-corrected chi connectivity index (χ2v) is 10.4. The van der Waals surface area contributed by atoms with Crippen LogP contribution in [0.2, 0.25) is 0 Å². The summed E-state index contributed by atoms with van der Waals surface area (Å²) in [6.07, 6.45) is 4.30. The summed E-state index contributed by atoms with van der Waals surface area (Å²) >= 11 is 0. The number of hydrogen-bond acceptors (Lipinski definition) is 3. The van der Waals surface area contributed by atoms with Crippen LogP contribution in [0.1, 0.15) is 105 Å². The van der Waals surface area contributed by atoms with Gasteiger partial charge in [-0.1, -0.05) is 92.9 Å². The van der Waals surface area contributed by atoms with Crippen LogP contribution in [0, 0.1) is 5.92 Å². The Balaban J connectivity index is 3.16. The van der Waals surface area contributed by atoms with Crippen molar-refractivity contribution in [3.8, 4) is 0 Å². The van der Waals surface area contributed by atoms with E-state index in [1.54, 1.807) is 6.92 Å². The van der Waals surface area contributed by atoms with E-state index in [-0.39, 0.29) is 10.8 Å². The van der Waals surface area contributed by atoms with Gasteiger partial charge in [0.2, 0.25) is 0 Å². The number of esters is 1. The molecule has 1 aromatic rings. The first-order valence-corrected chi connectivity index (χ1v) is 10.8. The Kier molecular flexibility index (Phi) is 8.32. The third-order valence-electron chi connectivity index (χ3n) is 5.62. The largest absolute Gasteiger partial charge is 0.463 e. The van der Waals surface area contributed by atoms with E-state index in [1.165, 1.54) is 0 Å². The summed E-state index contributed by atoms with van der Waals surface area (Å²) in [5.74, 6) is -0.209. The van der Waals surface area contributed by atoms with E-state index in [2.05, 4.69) is 61.5 Å². The quantitative estimate of drug-likeness (QED) is 0.534. The highest BCUT2D eigenvalue weighted by atomic mass is 16.5. The van der Waals surface area contributed by atoms with Gasteiger partial charge >= 0.3 is 5.97 Å². The van der Waals surface area contributed by atoms with Gasteiger partial charge in [-0.2, -0.15) is 0 Å². The fourth-order valence-corrected chi connectivity index (χ4v) is 3.12. The molecule has 160 valence electrons. The number of rotatable bonds is 8. The fraction of sp³-hybridized carbons (Fsp3) is 0.720. The van der Waals surface area contributed by atoms with Gasteiger partial charge < -0.3 is 9.84 Å². The zero-order chi connectivity index (χ0) is 21.8. The van der Waals surface area contributed by atoms with Crippen molar-refractivity contribution in [3.05, 3.63) is 34.9 Å². The molecule has 0 spiro atoms. The molecule has 0 saturated carbocycles. The van der Waals surface area contributed by atoms with Gasteiger partial charge in [-0.3, -0.25) is 0 Å². The lowest BCUT2D eigenvalue weighted by molar-refractivity contribution is -0.166. The van der Waals surface area contributed by atoms with Gasteiger partial charge in [-0.25, -0.2) is 4.79 Å². The van der Waals surface area contributed by atoms with Crippen LogP contribution in [0.15, 0.2) is 18.2 Å². The maximum absolute atomic E-state index is 12.8. The van der Waals surface area contributed by atoms with Gasteiger partial charge in [-0.15, -0.1) is 0 Å². The third kappa shape index (κ3) is 6.62. The van der Waals surface area contributed by atoms with Crippen molar-refractivity contribution in [1.29, 1.82) is 0 Å². The average Bonchev–Trinajstić information content (AvgIpc) is 2.59. The van der Waals surface area contributed by atoms with Crippen molar-refractivity contribution in [2.75, 3.05) is 6.61 Å². The molecular formula is C25H42O3. The van der Waals surface area contributed by atoms with Crippen LogP contribution in [0.5, 0.6) is 0 Å². The number of ether oxygens (including phenoxy) is 1. The van der Waals surface area contributed by atoms with Gasteiger partial charge in [0.15, 0.2) is 5.60 Å². The average molecular weight is 391 g/mol. The van der Waals surface area contributed by atoms with Gasteiger partial charge in [-0.05, 0) is 46.8 Å². The summed E-state index contributed by atoms with van der Waals surface area (Å²) < 4.78 is 5.57. The molecule has 1 N–H and O–H groups in total. The van der Waals surface area contributed by atoms with Crippen LogP contribution in [0.3, 0.4) is 0 Å². The number of unbranched alkanes of at least 4 members (excludes halogenated alkanes) is 1. The lowest BCUT2D eigenvalue weighted by Crippen LogP contribution is -2.36. The maximum atomic E-state index is 12.8. The Hall–Kier alpha value is -1.35. The zero-order valence-electron chi connectivity index (χ0n) is 19.6. The predicted molar refractivity (Wildman–Crippen MR) is 118 cm³/mol. The molecule has 0 heterocycles. The van der Waals surface area contributed by atoms with E-state index >= 15 is 0 Å². The highest BCUT2D eigenvalue weighted by molar-refractivity contribution is 5.80. The summed E-state index contributed by atoms with van der Waals surface area (Å²) in [4.78, 5) is 12.8. The summed E-state index contributed by atoms with van der Waals surface area (Å²) in [7, 11) is 0. The summed E-state index contributed by atoms with van der Waals surface area (Å²) in [5.41, 5.74) is 1.00. The standard InChI is InChI=1S/C25H42O3/c1-10-12-13-18(11-2)17-28-22(26)25(9,27)21-15-19(23(3,4)5)14-20(16-21)24(6,7)8/h14-16,18,27H,10-13,17H2,1-9H3. The smallest absolute Gasteiger partial charge is 0.342 e. The number of hydrogen-bond donors (Lipinski definition) is 1. The molecule has 0 aliphatic carbocycles. The Morgan fingerprint density at radius 3 is 1.79 bits per heavy atom. The second kappa shape index (κ2) is 9.43. The molecule has 3 heteroatoms. The van der Waals surface area contributed by atoms with E-state index in [9.17, 15) is 9.90 Å². The molecule has 0 radical (unpaired) electrons. The monoisotopic (exact) mass is 390 g/mol. The number of aliphatic hydroxyl groups is 1. The minimum absolute atomic E-state index is 0.0799. The Labute approximate surface area is 172 Å². The van der Waals surface area contributed by atoms with Gasteiger partial charge in [0.25, 0.3) is 0 Å². The van der Waals surface area contributed by atoms with Crippen LogP contribution >= 0.6 is 0 Å². The van der Waals surface area contributed by atoms with E-state index < -0.39 is 11.6 Å². The molecule has 2 unspecified atom stereocenters. The topological polar surface area (TPSA) is 46.5 Å². The van der Waals surface area contributed by atoms with Crippen molar-refractivity contribution in [3.63, 3.8) is 0 Å². The molecule has 2 atom stereocenters. The Morgan fingerprint density at radius 2 is 1.39 bits per heavy atom. The first kappa shape index (κ1) is 24.7. The molecule has 0 fully saturated rings. The summed E-state index contributed by atoms with van der Waals surface area (Å²) in [5, 5.41) is 11.1. The molecule has 1 rings (SSSR count). The predicted octanol–water partition coefficient (Wildman–Crippen LogP) is 6.25. The lowest BCUT2D eigenvalue weighted by Gasteiger charge is -2.30. The van der Waals surface area contributed by atoms with E-state index in [0.29, 0.717) is 18.1 Å². The van der Waals surface area contributed by atoms with E-state index in [4.69, 9.17) is 4.74 Å². The molecule has 0 amide bonds. The van der Waals surface area contributed by atoms with Crippen LogP contribution in [0.25, 0.3) is 0 Å². The third-order valence-corrected chi connectivity index (χ3v) is 5.62. The van der Waals surface area contributed by atoms with Crippen molar-refractivity contribution in [2.24, 2.45) is 5.92 Å². The van der Waals surface area contributed by atoms with E-state index in [0.717, 1.165) is 36.8 Å². The highest BCUT2D eigenvalue weighted by Gasteiger charge is 2.36. The van der Waals surface area contributed by atoms with Crippen molar-refractivity contribution in [1.82, 2.24) is 0 Å². The Morgan fingerprint density at radius 1 is 0.929 bits per heavy atom. The minimum atomic E-state index is -1.66. The highest BCUT2D eigenvalue weighted by Crippen LogP contribution is 2.34. The van der Waals surface area contributed by atoms with Crippen LogP contribution in [0.4, 0.5) is 0 Å². The molecule has 0 saturated heterocycles. The molecule has 3 nitrogen and oxygen atoms in total. The van der Waals surface area contributed by atoms with E-state index in [1.807, 2.05) is 12.1 Å². The van der Waals surface area contributed by atoms with Gasteiger partial charge in [0.05, 0.1) is 6.61 Å². The van der Waals surface area contributed by atoms with Gasteiger partial charge in [0.1, 0.15) is 0 Å². The van der Waals surface area contributed by atoms with Crippen molar-refractivity contribution >= 4 is 5.97 Å². The van der Waals surface area contributed by atoms with Crippen LogP contribution in [-0.2, 0) is 26.0 Å². The summed E-state index contributed by atoms with van der Waals surface area (Å²) in [6, 6.07) is 6.08. The molecule has 0 aliphatic heterocycles. The number of carbonyl (C=O) groups excluding carboxylic acids is 1. The zero-order valence-corrected chi connectivity index (χ0v) is 19.6. The molecule has 0 bridgehead atoms. The summed E-state index contributed by atoms with van der Waals surface area (Å²) in [6.45, 7) is 19.1. The SMILES string of the molecule is CCCCC(CC)COC(=O)C(C)(O)c1cc(C(C)(C)C)cc(C(C)(C)C)c1. The second-order valence-electron chi connectivity index (χ2n) is 10.4. The minimum Gasteiger partial charge on any atom is -0.463 e. The number of carbonyl (C=O) groups is 1. The van der Waals surface area contributed by atoms with Crippen molar-refractivity contribution in [2.45, 2.75) is 104 Å². The fourth-order valence-electron chi connectivity index (χ4n) is 3.12. The molecule has 0 aromatic heterocycles. The normalized spacial score (nSPS) is 15.8. The molecule has 1 aromatic carbocycles. The first-order chi connectivity index (χ1) is 12.7. The Bertz CT molecular complexity index is 612.